The molecule has 32 heavy (non-hydrogen) atoms. The normalized spacial score (nSPS) is 21.1. The van der Waals surface area contributed by atoms with Crippen molar-refractivity contribution in [1.82, 2.24) is 20.0 Å². The summed E-state index contributed by atoms with van der Waals surface area (Å²) >= 11 is 7.77. The molecule has 6 nitrogen and oxygen atoms in total. The summed E-state index contributed by atoms with van der Waals surface area (Å²) in [6, 6.07) is 13.4. The second-order valence-corrected chi connectivity index (χ2v) is 10.2. The van der Waals surface area contributed by atoms with Crippen LogP contribution in [0.2, 0.25) is 5.02 Å². The number of hydrogen-bond acceptors (Lipinski definition) is 4. The number of carbonyl (C=O) groups is 2. The van der Waals surface area contributed by atoms with Crippen molar-refractivity contribution in [3.05, 3.63) is 64.1 Å². The minimum absolute atomic E-state index is 0.126. The van der Waals surface area contributed by atoms with Crippen LogP contribution in [0, 0.1) is 0 Å². The van der Waals surface area contributed by atoms with E-state index in [1.54, 1.807) is 27.0 Å². The summed E-state index contributed by atoms with van der Waals surface area (Å²) in [6.07, 6.45) is 4.22. The molecule has 8 heteroatoms. The molecule has 166 valence electrons. The van der Waals surface area contributed by atoms with Crippen molar-refractivity contribution in [2.75, 3.05) is 0 Å². The predicted octanol–water partition coefficient (Wildman–Crippen LogP) is 4.74. The molecule has 2 amide bonds. The summed E-state index contributed by atoms with van der Waals surface area (Å²) in [5.41, 5.74) is 1.08. The molecule has 1 atom stereocenters. The van der Waals surface area contributed by atoms with E-state index in [1.807, 2.05) is 48.7 Å². The first-order valence-electron chi connectivity index (χ1n) is 10.9. The number of fused-ring (bicyclic) bond motifs is 1. The van der Waals surface area contributed by atoms with Gasteiger partial charge in [-0.3, -0.25) is 14.3 Å². The second-order valence-electron chi connectivity index (χ2n) is 8.80. The zero-order valence-electron chi connectivity index (χ0n) is 17.9. The van der Waals surface area contributed by atoms with E-state index in [0.29, 0.717) is 23.8 Å². The minimum Gasteiger partial charge on any atom is -0.351 e. The van der Waals surface area contributed by atoms with Crippen LogP contribution in [-0.4, -0.2) is 38.1 Å². The fourth-order valence-electron chi connectivity index (χ4n) is 4.66. The van der Waals surface area contributed by atoms with Crippen molar-refractivity contribution in [3.8, 4) is 10.6 Å². The summed E-state index contributed by atoms with van der Waals surface area (Å²) in [5, 5.41) is 10.5. The van der Waals surface area contributed by atoms with Gasteiger partial charge in [-0.2, -0.15) is 5.10 Å². The van der Waals surface area contributed by atoms with Gasteiger partial charge in [0, 0.05) is 17.6 Å². The van der Waals surface area contributed by atoms with Gasteiger partial charge >= 0.3 is 0 Å². The lowest BCUT2D eigenvalue weighted by molar-refractivity contribution is -0.134. The molecule has 1 N–H and O–H groups in total. The van der Waals surface area contributed by atoms with Crippen molar-refractivity contribution in [3.63, 3.8) is 0 Å². The topological polar surface area (TPSA) is 67.2 Å². The first-order chi connectivity index (χ1) is 15.4. The summed E-state index contributed by atoms with van der Waals surface area (Å²) < 4.78 is 1.69. The quantitative estimate of drug-likeness (QED) is 0.588. The molecular weight excluding hydrogens is 444 g/mol. The molecule has 1 unspecified atom stereocenters. The highest BCUT2D eigenvalue weighted by Gasteiger charge is 2.48. The van der Waals surface area contributed by atoms with Gasteiger partial charge in [0.15, 0.2) is 0 Å². The van der Waals surface area contributed by atoms with E-state index in [-0.39, 0.29) is 17.9 Å². The number of carbonyl (C=O) groups excluding carboxylic acids is 2. The molecule has 0 bridgehead atoms. The molecule has 0 spiro atoms. The SMILES string of the molecule is CC1(C(=O)NC2CCCC2)Cn2nc(-c3cccs3)cc2C(=O)N1Cc1cccc(Cl)c1. The van der Waals surface area contributed by atoms with Crippen LogP contribution in [0.4, 0.5) is 0 Å². The van der Waals surface area contributed by atoms with Crippen molar-refractivity contribution in [2.24, 2.45) is 0 Å². The Kier molecular flexibility index (Phi) is 5.55. The number of rotatable bonds is 5. The monoisotopic (exact) mass is 468 g/mol. The maximum Gasteiger partial charge on any atom is 0.273 e. The fourth-order valence-corrected chi connectivity index (χ4v) is 5.56. The third-order valence-corrected chi connectivity index (χ3v) is 7.61. The Morgan fingerprint density at radius 3 is 2.78 bits per heavy atom. The summed E-state index contributed by atoms with van der Waals surface area (Å²) in [7, 11) is 0. The molecule has 3 aromatic rings. The second kappa shape index (κ2) is 8.37. The van der Waals surface area contributed by atoms with Crippen LogP contribution in [0.25, 0.3) is 10.6 Å². The summed E-state index contributed by atoms with van der Waals surface area (Å²) in [5.74, 6) is -0.325. The number of benzene rings is 1. The van der Waals surface area contributed by atoms with Crippen molar-refractivity contribution >= 4 is 34.8 Å². The van der Waals surface area contributed by atoms with Gasteiger partial charge in [-0.1, -0.05) is 42.6 Å². The van der Waals surface area contributed by atoms with E-state index in [9.17, 15) is 9.59 Å². The molecule has 1 aliphatic heterocycles. The van der Waals surface area contributed by atoms with E-state index < -0.39 is 5.54 Å². The number of nitrogens with one attached hydrogen (secondary N) is 1. The zero-order chi connectivity index (χ0) is 22.3. The average molecular weight is 469 g/mol. The van der Waals surface area contributed by atoms with E-state index >= 15 is 0 Å². The van der Waals surface area contributed by atoms with E-state index in [4.69, 9.17) is 11.6 Å². The Morgan fingerprint density at radius 1 is 1.25 bits per heavy atom. The molecule has 1 aliphatic carbocycles. The van der Waals surface area contributed by atoms with Crippen LogP contribution >= 0.6 is 22.9 Å². The van der Waals surface area contributed by atoms with Crippen molar-refractivity contribution in [2.45, 2.75) is 57.3 Å². The van der Waals surface area contributed by atoms with Gasteiger partial charge in [0.25, 0.3) is 5.91 Å². The van der Waals surface area contributed by atoms with Crippen molar-refractivity contribution in [1.29, 1.82) is 0 Å². The molecule has 1 saturated carbocycles. The van der Waals surface area contributed by atoms with E-state index in [0.717, 1.165) is 41.8 Å². The lowest BCUT2D eigenvalue weighted by atomic mass is 9.93. The van der Waals surface area contributed by atoms with Crippen LogP contribution in [0.5, 0.6) is 0 Å². The molecular formula is C24H25ClN4O2S. The molecule has 3 heterocycles. The smallest absolute Gasteiger partial charge is 0.273 e. The first kappa shape index (κ1) is 21.2. The number of hydrogen-bond donors (Lipinski definition) is 1. The van der Waals surface area contributed by atoms with Gasteiger partial charge in [-0.15, -0.1) is 11.3 Å². The lowest BCUT2D eigenvalue weighted by Gasteiger charge is -2.43. The number of nitrogens with zero attached hydrogens (tertiary/aromatic N) is 3. The fraction of sp³-hybridized carbons (Fsp3) is 0.375. The van der Waals surface area contributed by atoms with Gasteiger partial charge in [0.05, 0.1) is 11.4 Å². The molecule has 0 radical (unpaired) electrons. The third-order valence-electron chi connectivity index (χ3n) is 6.48. The maximum absolute atomic E-state index is 13.7. The first-order valence-corrected chi connectivity index (χ1v) is 12.2. The molecule has 2 aromatic heterocycles. The van der Waals surface area contributed by atoms with Crippen LogP contribution in [0.15, 0.2) is 47.8 Å². The molecule has 2 aliphatic rings. The van der Waals surface area contributed by atoms with Gasteiger partial charge < -0.3 is 10.2 Å². The number of thiophene rings is 1. The standard InChI is InChI=1S/C24H25ClN4O2S/c1-24(23(31)26-18-8-2-3-9-18)15-29-20(13-19(27-29)21-10-5-11-32-21)22(30)28(24)14-16-6-4-7-17(25)12-16/h4-7,10-13,18H,2-3,8-9,14-15H2,1H3,(H,26,31). The Hall–Kier alpha value is -2.64. The molecule has 1 fully saturated rings. The summed E-state index contributed by atoms with van der Waals surface area (Å²) in [6.45, 7) is 2.45. The van der Waals surface area contributed by atoms with E-state index in [2.05, 4.69) is 10.4 Å². The molecule has 5 rings (SSSR count). The molecule has 0 saturated heterocycles. The third kappa shape index (κ3) is 3.84. The van der Waals surface area contributed by atoms with Crippen LogP contribution in [-0.2, 0) is 17.9 Å². The zero-order valence-corrected chi connectivity index (χ0v) is 19.5. The highest BCUT2D eigenvalue weighted by molar-refractivity contribution is 7.13. The van der Waals surface area contributed by atoms with Crippen LogP contribution in [0.3, 0.4) is 0 Å². The number of amides is 2. The highest BCUT2D eigenvalue weighted by Crippen LogP contribution is 2.33. The van der Waals surface area contributed by atoms with Gasteiger partial charge in [-0.25, -0.2) is 0 Å². The van der Waals surface area contributed by atoms with Crippen LogP contribution < -0.4 is 5.32 Å². The molecule has 1 aromatic carbocycles. The van der Waals surface area contributed by atoms with Gasteiger partial charge in [0.2, 0.25) is 5.91 Å². The average Bonchev–Trinajstić information content (AvgIpc) is 3.52. The lowest BCUT2D eigenvalue weighted by Crippen LogP contribution is -2.64. The Balaban J connectivity index is 1.52. The highest BCUT2D eigenvalue weighted by atomic mass is 35.5. The van der Waals surface area contributed by atoms with Crippen LogP contribution in [0.1, 0.15) is 48.7 Å². The predicted molar refractivity (Wildman–Crippen MR) is 126 cm³/mol. The van der Waals surface area contributed by atoms with E-state index in [1.165, 1.54) is 0 Å². The largest absolute Gasteiger partial charge is 0.351 e. The number of halogens is 1. The Morgan fingerprint density at radius 2 is 2.06 bits per heavy atom. The Bertz CT molecular complexity index is 1150. The summed E-state index contributed by atoms with van der Waals surface area (Å²) in [4.78, 5) is 29.9. The Labute approximate surface area is 196 Å². The van der Waals surface area contributed by atoms with Crippen molar-refractivity contribution < 1.29 is 9.59 Å². The van der Waals surface area contributed by atoms with Gasteiger partial charge in [-0.05, 0) is 55.0 Å². The van der Waals surface area contributed by atoms with Gasteiger partial charge in [0.1, 0.15) is 16.9 Å². The maximum atomic E-state index is 13.7. The number of aromatic nitrogens is 2. The minimum atomic E-state index is -1.06.